The molecule has 0 saturated heterocycles. The van der Waals surface area contributed by atoms with Crippen LogP contribution in [0, 0.1) is 0 Å². The lowest BCUT2D eigenvalue weighted by Crippen LogP contribution is -2.44. The normalized spacial score (nSPS) is 15.1. The van der Waals surface area contributed by atoms with Gasteiger partial charge in [0.1, 0.15) is 0 Å². The standard InChI is InChI=1S/C19H25N5O3/c1-3-20-19(25)23-6-7-24-16(12-23)9-15(21-24)11-22(2)10-14-4-5-17-18(8-14)27-13-26-17/h4-5,8-9H,3,6-7,10-13H2,1-2H3,(H,20,25). The number of hydrogen-bond acceptors (Lipinski definition) is 5. The number of amides is 2. The molecular formula is C19H25N5O3. The summed E-state index contributed by atoms with van der Waals surface area (Å²) in [6.07, 6.45) is 0. The molecule has 0 saturated carbocycles. The Bertz CT molecular complexity index is 835. The first-order valence-electron chi connectivity index (χ1n) is 9.28. The zero-order valence-corrected chi connectivity index (χ0v) is 15.8. The zero-order valence-electron chi connectivity index (χ0n) is 15.8. The smallest absolute Gasteiger partial charge is 0.317 e. The minimum absolute atomic E-state index is 0.00794. The Balaban J connectivity index is 1.37. The summed E-state index contributed by atoms with van der Waals surface area (Å²) in [7, 11) is 2.07. The first-order chi connectivity index (χ1) is 13.1. The van der Waals surface area contributed by atoms with Crippen LogP contribution in [0.15, 0.2) is 24.3 Å². The summed E-state index contributed by atoms with van der Waals surface area (Å²) in [5.74, 6) is 1.61. The third kappa shape index (κ3) is 3.85. The van der Waals surface area contributed by atoms with Gasteiger partial charge in [0.25, 0.3) is 0 Å². The second kappa shape index (κ2) is 7.48. The van der Waals surface area contributed by atoms with E-state index >= 15 is 0 Å². The summed E-state index contributed by atoms with van der Waals surface area (Å²) in [5, 5.41) is 7.56. The number of benzene rings is 1. The average molecular weight is 371 g/mol. The monoisotopic (exact) mass is 371 g/mol. The van der Waals surface area contributed by atoms with E-state index in [9.17, 15) is 4.79 Å². The maximum Gasteiger partial charge on any atom is 0.317 e. The fraction of sp³-hybridized carbons (Fsp3) is 0.474. The third-order valence-electron chi connectivity index (χ3n) is 4.79. The molecule has 8 heteroatoms. The Morgan fingerprint density at radius 3 is 2.93 bits per heavy atom. The number of carbonyl (C=O) groups is 1. The van der Waals surface area contributed by atoms with E-state index in [2.05, 4.69) is 29.4 Å². The molecule has 1 aromatic carbocycles. The Labute approximate surface area is 158 Å². The van der Waals surface area contributed by atoms with Crippen molar-refractivity contribution in [3.63, 3.8) is 0 Å². The Morgan fingerprint density at radius 1 is 1.22 bits per heavy atom. The highest BCUT2D eigenvalue weighted by Crippen LogP contribution is 2.32. The van der Waals surface area contributed by atoms with Crippen LogP contribution in [0.25, 0.3) is 0 Å². The van der Waals surface area contributed by atoms with Crippen molar-refractivity contribution in [3.8, 4) is 11.5 Å². The predicted octanol–water partition coefficient (Wildman–Crippen LogP) is 1.79. The number of carbonyl (C=O) groups excluding carboxylic acids is 1. The molecule has 1 N–H and O–H groups in total. The van der Waals surface area contributed by atoms with Gasteiger partial charge < -0.3 is 19.7 Å². The summed E-state index contributed by atoms with van der Waals surface area (Å²) >= 11 is 0. The molecule has 27 heavy (non-hydrogen) atoms. The van der Waals surface area contributed by atoms with Crippen molar-refractivity contribution in [1.29, 1.82) is 0 Å². The molecule has 0 unspecified atom stereocenters. The number of ether oxygens (including phenoxy) is 2. The molecular weight excluding hydrogens is 346 g/mol. The number of nitrogens with zero attached hydrogens (tertiary/aromatic N) is 4. The van der Waals surface area contributed by atoms with Crippen molar-refractivity contribution in [2.75, 3.05) is 26.9 Å². The first kappa shape index (κ1) is 17.7. The molecule has 0 fully saturated rings. The fourth-order valence-corrected chi connectivity index (χ4v) is 3.52. The van der Waals surface area contributed by atoms with E-state index in [-0.39, 0.29) is 6.03 Å². The lowest BCUT2D eigenvalue weighted by Gasteiger charge is -2.27. The molecule has 0 radical (unpaired) electrons. The maximum atomic E-state index is 12.0. The van der Waals surface area contributed by atoms with Gasteiger partial charge in [-0.1, -0.05) is 6.07 Å². The van der Waals surface area contributed by atoms with Crippen LogP contribution in [-0.2, 0) is 26.2 Å². The van der Waals surface area contributed by atoms with Gasteiger partial charge >= 0.3 is 6.03 Å². The van der Waals surface area contributed by atoms with Gasteiger partial charge in [-0.2, -0.15) is 5.10 Å². The summed E-state index contributed by atoms with van der Waals surface area (Å²) in [6, 6.07) is 8.14. The molecule has 0 spiro atoms. The van der Waals surface area contributed by atoms with Crippen LogP contribution in [-0.4, -0.2) is 52.5 Å². The molecule has 0 aliphatic carbocycles. The van der Waals surface area contributed by atoms with Gasteiger partial charge in [-0.3, -0.25) is 9.58 Å². The van der Waals surface area contributed by atoms with Crippen LogP contribution in [0.5, 0.6) is 11.5 Å². The molecule has 0 atom stereocenters. The van der Waals surface area contributed by atoms with Crippen molar-refractivity contribution in [1.82, 2.24) is 24.9 Å². The van der Waals surface area contributed by atoms with Crippen LogP contribution < -0.4 is 14.8 Å². The molecule has 2 aromatic rings. The van der Waals surface area contributed by atoms with Gasteiger partial charge in [-0.15, -0.1) is 0 Å². The molecule has 144 valence electrons. The van der Waals surface area contributed by atoms with Crippen LogP contribution in [0.1, 0.15) is 23.9 Å². The number of nitrogens with one attached hydrogen (secondary N) is 1. The van der Waals surface area contributed by atoms with E-state index < -0.39 is 0 Å². The minimum Gasteiger partial charge on any atom is -0.454 e. The van der Waals surface area contributed by atoms with Crippen molar-refractivity contribution < 1.29 is 14.3 Å². The molecule has 3 heterocycles. The third-order valence-corrected chi connectivity index (χ3v) is 4.79. The first-order valence-corrected chi connectivity index (χ1v) is 9.28. The summed E-state index contributed by atoms with van der Waals surface area (Å²) in [6.45, 7) is 6.43. The zero-order chi connectivity index (χ0) is 18.8. The molecule has 1 aromatic heterocycles. The molecule has 4 rings (SSSR count). The van der Waals surface area contributed by atoms with Gasteiger partial charge in [-0.25, -0.2) is 4.79 Å². The van der Waals surface area contributed by atoms with Crippen molar-refractivity contribution >= 4 is 6.03 Å². The summed E-state index contributed by atoms with van der Waals surface area (Å²) < 4.78 is 12.8. The number of urea groups is 1. The molecule has 2 aliphatic heterocycles. The van der Waals surface area contributed by atoms with Gasteiger partial charge in [0, 0.05) is 26.2 Å². The Kier molecular flexibility index (Phi) is 4.89. The lowest BCUT2D eigenvalue weighted by molar-refractivity contribution is 0.174. The van der Waals surface area contributed by atoms with E-state index in [0.717, 1.165) is 42.5 Å². The lowest BCUT2D eigenvalue weighted by atomic mass is 10.2. The van der Waals surface area contributed by atoms with Crippen LogP contribution in [0.2, 0.25) is 0 Å². The van der Waals surface area contributed by atoms with Crippen molar-refractivity contribution in [3.05, 3.63) is 41.2 Å². The highest BCUT2D eigenvalue weighted by atomic mass is 16.7. The second-order valence-corrected chi connectivity index (χ2v) is 6.97. The fourth-order valence-electron chi connectivity index (χ4n) is 3.52. The van der Waals surface area contributed by atoms with E-state index in [1.165, 1.54) is 5.56 Å². The van der Waals surface area contributed by atoms with Gasteiger partial charge in [0.15, 0.2) is 11.5 Å². The maximum absolute atomic E-state index is 12.0. The summed E-state index contributed by atoms with van der Waals surface area (Å²) in [4.78, 5) is 16.1. The minimum atomic E-state index is -0.00794. The van der Waals surface area contributed by atoms with Gasteiger partial charge in [-0.05, 0) is 37.7 Å². The quantitative estimate of drug-likeness (QED) is 0.868. The highest BCUT2D eigenvalue weighted by molar-refractivity contribution is 5.74. The number of aromatic nitrogens is 2. The number of fused-ring (bicyclic) bond motifs is 2. The second-order valence-electron chi connectivity index (χ2n) is 6.97. The average Bonchev–Trinajstić information content (AvgIpc) is 3.26. The predicted molar refractivity (Wildman–Crippen MR) is 99.4 cm³/mol. The van der Waals surface area contributed by atoms with E-state index in [1.807, 2.05) is 28.6 Å². The van der Waals surface area contributed by atoms with Crippen LogP contribution >= 0.6 is 0 Å². The van der Waals surface area contributed by atoms with E-state index in [1.54, 1.807) is 0 Å². The molecule has 8 nitrogen and oxygen atoms in total. The molecule has 2 aliphatic rings. The van der Waals surface area contributed by atoms with Gasteiger partial charge in [0.2, 0.25) is 6.79 Å². The topological polar surface area (TPSA) is 71.9 Å². The van der Waals surface area contributed by atoms with Crippen LogP contribution in [0.3, 0.4) is 0 Å². The number of hydrogen-bond donors (Lipinski definition) is 1. The van der Waals surface area contributed by atoms with E-state index in [4.69, 9.17) is 14.6 Å². The van der Waals surface area contributed by atoms with Crippen molar-refractivity contribution in [2.24, 2.45) is 0 Å². The van der Waals surface area contributed by atoms with Gasteiger partial charge in [0.05, 0.1) is 24.5 Å². The van der Waals surface area contributed by atoms with Crippen LogP contribution in [0.4, 0.5) is 4.79 Å². The SMILES string of the molecule is CCNC(=O)N1CCn2nc(CN(C)Cc3ccc4c(c3)OCO4)cc2C1. The van der Waals surface area contributed by atoms with Crippen molar-refractivity contribution in [2.45, 2.75) is 33.1 Å². The largest absolute Gasteiger partial charge is 0.454 e. The highest BCUT2D eigenvalue weighted by Gasteiger charge is 2.22. The Hall–Kier alpha value is -2.74. The summed E-state index contributed by atoms with van der Waals surface area (Å²) in [5.41, 5.74) is 3.28. The molecule has 0 bridgehead atoms. The van der Waals surface area contributed by atoms with E-state index in [0.29, 0.717) is 26.4 Å². The molecule has 2 amide bonds. The number of rotatable bonds is 5. The Morgan fingerprint density at radius 2 is 2.07 bits per heavy atom.